The van der Waals surface area contributed by atoms with Gasteiger partial charge in [0.05, 0.1) is 0 Å². The lowest BCUT2D eigenvalue weighted by atomic mass is 10.0. The van der Waals surface area contributed by atoms with Gasteiger partial charge in [0.1, 0.15) is 18.6 Å². The number of thioether (sulfide) groups is 1. The summed E-state index contributed by atoms with van der Waals surface area (Å²) in [5, 5.41) is 19.4. The zero-order valence-corrected chi connectivity index (χ0v) is 23.1. The van der Waals surface area contributed by atoms with E-state index in [1.807, 2.05) is 54.6 Å². The molecule has 2 amide bonds. The molecule has 0 radical (unpaired) electrons. The SMILES string of the molecule is [2H]N(C(=O)CC[C@H](N)C(=O)O)[C@@H](CSCc1ccc(-c2ccccc2)cc1)C(=O)N(CC(=O)O)c1ccc(Cl)cc1. The Kier molecular flexibility index (Phi) is 11.0. The Morgan fingerprint density at radius 3 is 2.17 bits per heavy atom. The van der Waals surface area contributed by atoms with E-state index >= 15 is 0 Å². The van der Waals surface area contributed by atoms with E-state index in [0.29, 0.717) is 16.1 Å². The van der Waals surface area contributed by atoms with Crippen molar-refractivity contribution in [3.05, 3.63) is 89.4 Å². The molecule has 3 rings (SSSR count). The van der Waals surface area contributed by atoms with Gasteiger partial charge in [-0.25, -0.2) is 0 Å². The molecule has 2 atom stereocenters. The molecule has 0 aliphatic heterocycles. The maximum atomic E-state index is 13.7. The molecule has 0 fully saturated rings. The van der Waals surface area contributed by atoms with Gasteiger partial charge in [-0.2, -0.15) is 11.8 Å². The van der Waals surface area contributed by atoms with Crippen LogP contribution < -0.4 is 15.9 Å². The molecule has 0 aromatic heterocycles. The fraction of sp³-hybridized carbons (Fsp3) is 0.241. The molecular formula is C29H30ClN3O6S. The smallest absolute Gasteiger partial charge is 0.323 e. The number of carbonyl (C=O) groups is 4. The first kappa shape index (κ1) is 29.1. The molecule has 0 saturated carbocycles. The topological polar surface area (TPSA) is 150 Å². The minimum atomic E-state index is -1.35. The van der Waals surface area contributed by atoms with E-state index in [2.05, 4.69) is 0 Å². The lowest BCUT2D eigenvalue weighted by Crippen LogP contribution is -2.51. The van der Waals surface area contributed by atoms with Crippen molar-refractivity contribution >= 4 is 52.8 Å². The minimum Gasteiger partial charge on any atom is -0.480 e. The highest BCUT2D eigenvalue weighted by Crippen LogP contribution is 2.23. The standard InChI is InChI=1S/C29H30ClN3O6S/c30-22-10-12-23(13-11-22)33(16-27(35)36)28(37)25(32-26(34)15-14-24(31)29(38)39)18-40-17-19-6-8-21(9-7-19)20-4-2-1-3-5-20/h1-13,24-25H,14-18,31H2,(H,32,34)(H,35,36)(H,38,39)/t24-,25-/m0/s1/i/hD. The predicted octanol–water partition coefficient (Wildman–Crippen LogP) is 4.03. The lowest BCUT2D eigenvalue weighted by molar-refractivity contribution is -0.139. The average molecular weight is 585 g/mol. The first-order valence-corrected chi connectivity index (χ1v) is 13.9. The zero-order valence-electron chi connectivity index (χ0n) is 22.5. The fourth-order valence-corrected chi connectivity index (χ4v) is 4.86. The van der Waals surface area contributed by atoms with Crippen LogP contribution >= 0.6 is 23.4 Å². The van der Waals surface area contributed by atoms with Crippen molar-refractivity contribution in [3.8, 4) is 11.1 Å². The number of carbonyl (C=O) groups excluding carboxylic acids is 2. The van der Waals surface area contributed by atoms with E-state index in [1.54, 1.807) is 0 Å². The molecule has 210 valence electrons. The Bertz CT molecular complexity index is 1340. The van der Waals surface area contributed by atoms with Crippen LogP contribution in [0, 0.1) is 0 Å². The minimum absolute atomic E-state index is 0.0107. The molecule has 11 heteroatoms. The number of aliphatic carboxylic acids is 2. The number of hydrogen-bond acceptors (Lipinski definition) is 6. The van der Waals surface area contributed by atoms with Gasteiger partial charge in [-0.1, -0.05) is 66.2 Å². The summed E-state index contributed by atoms with van der Waals surface area (Å²) in [6.07, 6.45) is -0.590. The summed E-state index contributed by atoms with van der Waals surface area (Å²) in [6, 6.07) is 21.0. The van der Waals surface area contributed by atoms with Crippen molar-refractivity contribution < 1.29 is 30.8 Å². The molecule has 3 aromatic rings. The van der Waals surface area contributed by atoms with Crippen molar-refractivity contribution in [1.82, 2.24) is 5.31 Å². The molecule has 5 N–H and O–H groups in total. The van der Waals surface area contributed by atoms with Crippen LogP contribution in [-0.4, -0.2) is 58.3 Å². The summed E-state index contributed by atoms with van der Waals surface area (Å²) < 4.78 is 8.46. The normalized spacial score (nSPS) is 12.6. The number of anilines is 1. The first-order chi connectivity index (χ1) is 19.6. The number of benzene rings is 3. The number of nitrogens with one attached hydrogen (secondary N) is 1. The number of amides is 2. The second-order valence-electron chi connectivity index (χ2n) is 8.89. The van der Waals surface area contributed by atoms with Crippen LogP contribution in [0.25, 0.3) is 11.1 Å². The maximum absolute atomic E-state index is 13.7. The molecule has 3 aromatic carbocycles. The van der Waals surface area contributed by atoms with E-state index in [4.69, 9.17) is 23.9 Å². The lowest BCUT2D eigenvalue weighted by Gasteiger charge is -2.27. The van der Waals surface area contributed by atoms with E-state index in [-0.39, 0.29) is 24.3 Å². The Labute approximate surface area is 242 Å². The van der Waals surface area contributed by atoms with Gasteiger partial charge in [0.15, 0.2) is 1.41 Å². The second kappa shape index (κ2) is 15.1. The number of hydrogen-bond donors (Lipinski definition) is 4. The number of nitrogens with two attached hydrogens (primary N) is 1. The van der Waals surface area contributed by atoms with Gasteiger partial charge in [-0.05, 0) is 47.4 Å². The predicted molar refractivity (Wildman–Crippen MR) is 156 cm³/mol. The van der Waals surface area contributed by atoms with Gasteiger partial charge < -0.3 is 21.3 Å². The van der Waals surface area contributed by atoms with Gasteiger partial charge in [-0.3, -0.25) is 24.1 Å². The monoisotopic (exact) mass is 584 g/mol. The Balaban J connectivity index is 1.78. The summed E-state index contributed by atoms with van der Waals surface area (Å²) in [5.74, 6) is -3.69. The fourth-order valence-electron chi connectivity index (χ4n) is 3.75. The molecule has 40 heavy (non-hydrogen) atoms. The van der Waals surface area contributed by atoms with Crippen LogP contribution in [0.5, 0.6) is 0 Å². The van der Waals surface area contributed by atoms with Crippen LogP contribution in [0.3, 0.4) is 0 Å². The van der Waals surface area contributed by atoms with Gasteiger partial charge in [-0.15, -0.1) is 0 Å². The van der Waals surface area contributed by atoms with Crippen molar-refractivity contribution in [2.45, 2.75) is 30.7 Å². The second-order valence-corrected chi connectivity index (χ2v) is 10.4. The van der Waals surface area contributed by atoms with E-state index in [9.17, 15) is 24.3 Å². The first-order valence-electron chi connectivity index (χ1n) is 12.8. The van der Waals surface area contributed by atoms with Crippen LogP contribution in [0.4, 0.5) is 5.69 Å². The highest BCUT2D eigenvalue weighted by Gasteiger charge is 2.29. The summed E-state index contributed by atoms with van der Waals surface area (Å²) in [4.78, 5) is 50.2. The third-order valence-corrected chi connectivity index (χ3v) is 7.22. The maximum Gasteiger partial charge on any atom is 0.323 e. The van der Waals surface area contributed by atoms with Crippen molar-refractivity contribution in [2.75, 3.05) is 17.2 Å². The molecule has 9 nitrogen and oxygen atoms in total. The molecule has 0 spiro atoms. The summed E-state index contributed by atoms with van der Waals surface area (Å²) in [7, 11) is 0. The van der Waals surface area contributed by atoms with Gasteiger partial charge >= 0.3 is 11.9 Å². The number of carboxylic acid groups (broad SMARTS) is 2. The van der Waals surface area contributed by atoms with Crippen molar-refractivity contribution in [3.63, 3.8) is 0 Å². The van der Waals surface area contributed by atoms with Crippen LogP contribution in [0.15, 0.2) is 78.9 Å². The van der Waals surface area contributed by atoms with Crippen LogP contribution in [0.1, 0.15) is 18.4 Å². The number of halogens is 1. The summed E-state index contributed by atoms with van der Waals surface area (Å²) in [6.45, 7) is -0.700. The summed E-state index contributed by atoms with van der Waals surface area (Å²) in [5.41, 5.74) is 8.81. The highest BCUT2D eigenvalue weighted by molar-refractivity contribution is 7.98. The van der Waals surface area contributed by atoms with Gasteiger partial charge in [0.2, 0.25) is 5.91 Å². The molecule has 0 heterocycles. The number of carboxylic acids is 2. The van der Waals surface area contributed by atoms with Gasteiger partial charge in [0.25, 0.3) is 5.91 Å². The highest BCUT2D eigenvalue weighted by atomic mass is 35.5. The molecule has 0 aliphatic carbocycles. The van der Waals surface area contributed by atoms with Crippen molar-refractivity contribution in [2.24, 2.45) is 5.73 Å². The van der Waals surface area contributed by atoms with E-state index in [0.717, 1.165) is 21.6 Å². The molecular weight excluding hydrogens is 554 g/mol. The van der Waals surface area contributed by atoms with E-state index < -0.39 is 42.4 Å². The van der Waals surface area contributed by atoms with Crippen LogP contribution in [-0.2, 0) is 24.9 Å². The Morgan fingerprint density at radius 2 is 1.57 bits per heavy atom. The Hall–Kier alpha value is -3.86. The third-order valence-electron chi connectivity index (χ3n) is 5.87. The molecule has 0 saturated heterocycles. The molecule has 0 bridgehead atoms. The number of rotatable bonds is 14. The van der Waals surface area contributed by atoms with E-state index in [1.165, 1.54) is 36.0 Å². The number of nitrogens with zero attached hydrogens (tertiary/aromatic N) is 1. The quantitative estimate of drug-likeness (QED) is 0.222. The largest absolute Gasteiger partial charge is 0.480 e. The van der Waals surface area contributed by atoms with Crippen molar-refractivity contribution in [1.29, 1.82) is 0 Å². The van der Waals surface area contributed by atoms with Crippen LogP contribution in [0.2, 0.25) is 6.43 Å². The zero-order chi connectivity index (χ0) is 29.9. The Morgan fingerprint density at radius 1 is 0.950 bits per heavy atom. The van der Waals surface area contributed by atoms with Gasteiger partial charge in [0, 0.05) is 28.6 Å². The molecule has 0 unspecified atom stereocenters. The third kappa shape index (κ3) is 9.41. The molecule has 0 aliphatic rings. The summed E-state index contributed by atoms with van der Waals surface area (Å²) >= 11 is 7.26. The average Bonchev–Trinajstić information content (AvgIpc) is 2.97.